The number of thioether (sulfide) groups is 2. The summed E-state index contributed by atoms with van der Waals surface area (Å²) in [7, 11) is 0. The van der Waals surface area contributed by atoms with E-state index in [9.17, 15) is 0 Å². The van der Waals surface area contributed by atoms with Gasteiger partial charge in [0.05, 0.1) is 0 Å². The topological polar surface area (TPSA) is 0 Å². The Bertz CT molecular complexity index is 831. The van der Waals surface area contributed by atoms with Crippen molar-refractivity contribution >= 4 is 59.0 Å². The molecule has 0 N–H and O–H groups in total. The Balaban J connectivity index is 1.99. The number of benzene rings is 3. The number of hydrogen-bond donors (Lipinski definition) is 0. The van der Waals surface area contributed by atoms with Crippen molar-refractivity contribution < 1.29 is 0 Å². The molecule has 25 heavy (non-hydrogen) atoms. The van der Waals surface area contributed by atoms with Crippen LogP contribution in [0.2, 0.25) is 5.02 Å². The van der Waals surface area contributed by atoms with Crippen LogP contribution in [0.3, 0.4) is 0 Å². The minimum atomic E-state index is 0.250. The van der Waals surface area contributed by atoms with Crippen molar-refractivity contribution in [1.29, 1.82) is 0 Å². The van der Waals surface area contributed by atoms with E-state index >= 15 is 0 Å². The van der Waals surface area contributed by atoms with Gasteiger partial charge in [-0.1, -0.05) is 0 Å². The van der Waals surface area contributed by atoms with E-state index in [1.54, 1.807) is 0 Å². The number of rotatable bonds is 6. The second-order valence-electron chi connectivity index (χ2n) is 5.16. The van der Waals surface area contributed by atoms with E-state index in [0.717, 1.165) is 5.02 Å². The van der Waals surface area contributed by atoms with Crippen LogP contribution in [-0.2, 0) is 0 Å². The summed E-state index contributed by atoms with van der Waals surface area (Å²) in [5, 5.41) is 0.774. The zero-order chi connectivity index (χ0) is 17.5. The molecule has 0 amide bonds. The van der Waals surface area contributed by atoms with Crippen LogP contribution in [-0.4, -0.2) is 21.2 Å². The Morgan fingerprint density at radius 1 is 0.800 bits per heavy atom. The van der Waals surface area contributed by atoms with Crippen LogP contribution in [0.15, 0.2) is 94.1 Å². The Labute approximate surface area is 169 Å². The standard InChI is InChI=1S/C21H17ClS2Se/c1-23-21(24-18-14-12-17(22)13-15-18)20(16-8-4-2-5-9-16)25-19-10-6-3-7-11-19/h2-15H,1H3/b21-20+. The summed E-state index contributed by atoms with van der Waals surface area (Å²) in [6.45, 7) is 0. The molecule has 3 aromatic carbocycles. The van der Waals surface area contributed by atoms with E-state index in [0.29, 0.717) is 0 Å². The van der Waals surface area contributed by atoms with Crippen LogP contribution in [0, 0.1) is 0 Å². The summed E-state index contributed by atoms with van der Waals surface area (Å²) in [4.78, 5) is 1.21. The first-order chi connectivity index (χ1) is 12.3. The van der Waals surface area contributed by atoms with Crippen molar-refractivity contribution in [3.05, 3.63) is 99.8 Å². The average Bonchev–Trinajstić information content (AvgIpc) is 2.67. The predicted molar refractivity (Wildman–Crippen MR) is 116 cm³/mol. The van der Waals surface area contributed by atoms with Crippen molar-refractivity contribution in [3.63, 3.8) is 0 Å². The molecular formula is C21H17ClS2Se. The van der Waals surface area contributed by atoms with Gasteiger partial charge in [-0.15, -0.1) is 0 Å². The van der Waals surface area contributed by atoms with Gasteiger partial charge in [-0.05, 0) is 0 Å². The normalized spacial score (nSPS) is 11.9. The van der Waals surface area contributed by atoms with Crippen molar-refractivity contribution in [2.24, 2.45) is 0 Å². The first-order valence-electron chi connectivity index (χ1n) is 7.76. The molecule has 0 saturated carbocycles. The molecule has 3 aromatic rings. The van der Waals surface area contributed by atoms with Crippen molar-refractivity contribution in [1.82, 2.24) is 0 Å². The van der Waals surface area contributed by atoms with Crippen molar-refractivity contribution in [2.45, 2.75) is 4.90 Å². The molecule has 0 unspecified atom stereocenters. The van der Waals surface area contributed by atoms with Gasteiger partial charge in [0.25, 0.3) is 0 Å². The second kappa shape index (κ2) is 9.56. The minimum absolute atomic E-state index is 0.250. The SMILES string of the molecule is CS/C(Sc1ccc(Cl)cc1)=C(\[Se]c1ccccc1)c1ccccc1. The van der Waals surface area contributed by atoms with E-state index in [-0.39, 0.29) is 15.0 Å². The first-order valence-corrected chi connectivity index (χ1v) is 11.9. The van der Waals surface area contributed by atoms with E-state index in [1.807, 2.05) is 35.7 Å². The van der Waals surface area contributed by atoms with Gasteiger partial charge in [0.15, 0.2) is 0 Å². The van der Waals surface area contributed by atoms with Crippen molar-refractivity contribution in [3.8, 4) is 0 Å². The Hall–Kier alpha value is -1.09. The van der Waals surface area contributed by atoms with E-state index in [4.69, 9.17) is 11.6 Å². The third-order valence-electron chi connectivity index (χ3n) is 3.39. The van der Waals surface area contributed by atoms with Gasteiger partial charge in [-0.2, -0.15) is 0 Å². The molecule has 4 heteroatoms. The molecule has 0 bridgehead atoms. The summed E-state index contributed by atoms with van der Waals surface area (Å²) < 4.78 is 4.15. The van der Waals surface area contributed by atoms with Crippen LogP contribution < -0.4 is 4.46 Å². The maximum atomic E-state index is 6.02. The molecule has 0 spiro atoms. The van der Waals surface area contributed by atoms with Crippen molar-refractivity contribution in [2.75, 3.05) is 6.26 Å². The van der Waals surface area contributed by atoms with Gasteiger partial charge in [0.2, 0.25) is 0 Å². The summed E-state index contributed by atoms with van der Waals surface area (Å²) in [6.07, 6.45) is 2.16. The van der Waals surface area contributed by atoms with E-state index in [1.165, 1.54) is 23.6 Å². The monoisotopic (exact) mass is 448 g/mol. The van der Waals surface area contributed by atoms with Crippen LogP contribution in [0.4, 0.5) is 0 Å². The quantitative estimate of drug-likeness (QED) is 0.328. The number of halogens is 1. The third-order valence-corrected chi connectivity index (χ3v) is 8.87. The average molecular weight is 448 g/mol. The first kappa shape index (κ1) is 18.7. The van der Waals surface area contributed by atoms with Gasteiger partial charge < -0.3 is 0 Å². The zero-order valence-electron chi connectivity index (χ0n) is 13.7. The summed E-state index contributed by atoms with van der Waals surface area (Å²) in [5.41, 5.74) is 1.30. The molecule has 0 radical (unpaired) electrons. The molecule has 0 aliphatic carbocycles. The maximum absolute atomic E-state index is 6.02. The summed E-state index contributed by atoms with van der Waals surface area (Å²) in [6, 6.07) is 29.5. The fourth-order valence-corrected chi connectivity index (χ4v) is 6.99. The van der Waals surface area contributed by atoms with Gasteiger partial charge in [0.1, 0.15) is 0 Å². The summed E-state index contributed by atoms with van der Waals surface area (Å²) in [5.74, 6) is 0. The van der Waals surface area contributed by atoms with Gasteiger partial charge in [-0.25, -0.2) is 0 Å². The number of hydrogen-bond acceptors (Lipinski definition) is 2. The zero-order valence-corrected chi connectivity index (χ0v) is 17.8. The molecule has 0 fully saturated rings. The van der Waals surface area contributed by atoms with Crippen LogP contribution in [0.25, 0.3) is 4.47 Å². The molecule has 126 valence electrons. The molecule has 0 aliphatic rings. The Morgan fingerprint density at radius 2 is 1.40 bits per heavy atom. The van der Waals surface area contributed by atoms with Crippen LogP contribution >= 0.6 is 35.1 Å². The third kappa shape index (κ3) is 5.44. The molecule has 0 aliphatic heterocycles. The molecule has 3 rings (SSSR count). The second-order valence-corrected chi connectivity index (χ2v) is 10.0. The molecule has 0 nitrogen and oxygen atoms in total. The van der Waals surface area contributed by atoms with Crippen LogP contribution in [0.1, 0.15) is 5.56 Å². The fraction of sp³-hybridized carbons (Fsp3) is 0.0476. The predicted octanol–water partition coefficient (Wildman–Crippen LogP) is 6.15. The van der Waals surface area contributed by atoms with Gasteiger partial charge >= 0.3 is 170 Å². The van der Waals surface area contributed by atoms with E-state index < -0.39 is 0 Å². The summed E-state index contributed by atoms with van der Waals surface area (Å²) >= 11 is 9.91. The molecule has 0 aromatic heterocycles. The van der Waals surface area contributed by atoms with Gasteiger partial charge in [-0.3, -0.25) is 0 Å². The molecular weight excluding hydrogens is 431 g/mol. The molecule has 0 heterocycles. The van der Waals surface area contributed by atoms with Gasteiger partial charge in [0, 0.05) is 0 Å². The molecule has 0 atom stereocenters. The Morgan fingerprint density at radius 3 is 2.00 bits per heavy atom. The molecule has 0 saturated heterocycles. The van der Waals surface area contributed by atoms with Crippen LogP contribution in [0.5, 0.6) is 0 Å². The fourth-order valence-electron chi connectivity index (χ4n) is 2.20. The van der Waals surface area contributed by atoms with E-state index in [2.05, 4.69) is 79.1 Å². The Kier molecular flexibility index (Phi) is 7.15.